The van der Waals surface area contributed by atoms with Crippen LogP contribution in [0, 0.1) is 11.8 Å². The van der Waals surface area contributed by atoms with E-state index < -0.39 is 69.7 Å². The highest BCUT2D eigenvalue weighted by Gasteiger charge is 2.68. The molecule has 4 rings (SSSR count). The Morgan fingerprint density at radius 3 is 2.38 bits per heavy atom. The molecule has 32 heavy (non-hydrogen) atoms. The highest BCUT2D eigenvalue weighted by molar-refractivity contribution is 6.25. The number of fused-ring (bicyclic) bond motifs is 3. The van der Waals surface area contributed by atoms with Crippen molar-refractivity contribution in [3.8, 4) is 5.75 Å². The smallest absolute Gasteiger partial charge is 0.255 e. The number of carbonyl (C=O) groups excluding carboxylic acids is 3. The number of hydrogen-bond acceptors (Lipinski definition) is 9. The van der Waals surface area contributed by atoms with E-state index in [4.69, 9.17) is 5.73 Å². The molecule has 1 aromatic rings. The number of hydrogen-bond donors (Lipinski definition) is 6. The van der Waals surface area contributed by atoms with E-state index in [1.807, 2.05) is 0 Å². The minimum Gasteiger partial charge on any atom is -0.508 e. The molecule has 0 bridgehead atoms. The molecule has 1 fully saturated rings. The van der Waals surface area contributed by atoms with Crippen LogP contribution in [0.5, 0.6) is 5.75 Å². The lowest BCUT2D eigenvalue weighted by Crippen LogP contribution is -2.70. The summed E-state index contributed by atoms with van der Waals surface area (Å²) >= 11 is 0. The average Bonchev–Trinajstić information content (AvgIpc) is 2.70. The number of nitrogens with two attached hydrogens (primary N) is 1. The molecule has 3 aliphatic rings. The Morgan fingerprint density at radius 2 is 1.81 bits per heavy atom. The first-order chi connectivity index (χ1) is 14.9. The van der Waals surface area contributed by atoms with Crippen molar-refractivity contribution in [2.24, 2.45) is 17.6 Å². The zero-order valence-electron chi connectivity index (χ0n) is 17.2. The predicted molar refractivity (Wildman–Crippen MR) is 111 cm³/mol. The van der Waals surface area contributed by atoms with Gasteiger partial charge in [0.2, 0.25) is 5.78 Å². The van der Waals surface area contributed by atoms with E-state index in [9.17, 15) is 39.9 Å². The quantitative estimate of drug-likeness (QED) is 0.326. The summed E-state index contributed by atoms with van der Waals surface area (Å²) in [5.74, 6) is -8.78. The Hall–Kier alpha value is -3.47. The number of aliphatic hydroxyl groups is 4. The Labute approximate surface area is 182 Å². The summed E-state index contributed by atoms with van der Waals surface area (Å²) < 4.78 is 0. The summed E-state index contributed by atoms with van der Waals surface area (Å²) in [5.41, 5.74) is 1.16. The van der Waals surface area contributed by atoms with Crippen molar-refractivity contribution in [3.05, 3.63) is 52.8 Å². The normalized spacial score (nSPS) is 32.1. The van der Waals surface area contributed by atoms with Crippen molar-refractivity contribution in [2.45, 2.75) is 17.7 Å². The van der Waals surface area contributed by atoms with Gasteiger partial charge in [-0.25, -0.2) is 0 Å². The molecule has 0 heterocycles. The summed E-state index contributed by atoms with van der Waals surface area (Å²) in [4.78, 5) is 39.8. The van der Waals surface area contributed by atoms with E-state index in [-0.39, 0.29) is 22.4 Å². The van der Waals surface area contributed by atoms with E-state index in [2.05, 4.69) is 6.58 Å². The molecule has 1 aromatic carbocycles. The van der Waals surface area contributed by atoms with Crippen molar-refractivity contribution in [3.63, 3.8) is 0 Å². The number of nitrogens with zero attached hydrogens (tertiary/aromatic N) is 1. The molecule has 7 N–H and O–H groups in total. The number of ketones is 2. The summed E-state index contributed by atoms with van der Waals surface area (Å²) in [7, 11) is 2.88. The van der Waals surface area contributed by atoms with Gasteiger partial charge in [0.25, 0.3) is 5.91 Å². The first kappa shape index (κ1) is 21.8. The van der Waals surface area contributed by atoms with E-state index >= 15 is 0 Å². The zero-order chi connectivity index (χ0) is 23.9. The highest BCUT2D eigenvalue weighted by atomic mass is 16.4. The van der Waals surface area contributed by atoms with Gasteiger partial charge in [0.05, 0.1) is 29.2 Å². The third-order valence-corrected chi connectivity index (χ3v) is 6.61. The molecule has 10 heteroatoms. The van der Waals surface area contributed by atoms with Gasteiger partial charge in [-0.05, 0) is 31.3 Å². The summed E-state index contributed by atoms with van der Waals surface area (Å²) in [6, 6.07) is 2.89. The van der Waals surface area contributed by atoms with Crippen molar-refractivity contribution in [2.75, 3.05) is 14.1 Å². The monoisotopic (exact) mass is 442 g/mol. The summed E-state index contributed by atoms with van der Waals surface area (Å²) in [6.07, 6.45) is -1.69. The lowest BCUT2D eigenvalue weighted by molar-refractivity contribution is -0.166. The number of rotatable bonds is 2. The van der Waals surface area contributed by atoms with Crippen molar-refractivity contribution in [1.82, 2.24) is 4.90 Å². The molecule has 0 spiro atoms. The minimum absolute atomic E-state index is 0.124. The molecule has 0 saturated heterocycles. The molecular formula is C22H22N2O8. The van der Waals surface area contributed by atoms with Gasteiger partial charge in [-0.15, -0.1) is 0 Å². The number of benzene rings is 1. The number of amides is 1. The fourth-order valence-electron chi connectivity index (χ4n) is 5.21. The van der Waals surface area contributed by atoms with Gasteiger partial charge in [0.15, 0.2) is 11.4 Å². The molecule has 168 valence electrons. The molecule has 10 nitrogen and oxygen atoms in total. The van der Waals surface area contributed by atoms with Crippen LogP contribution in [0.2, 0.25) is 0 Å². The Balaban J connectivity index is 2.08. The summed E-state index contributed by atoms with van der Waals surface area (Å²) in [5, 5.41) is 54.7. The van der Waals surface area contributed by atoms with Crippen LogP contribution in [0.25, 0.3) is 11.3 Å². The highest BCUT2D eigenvalue weighted by Crippen LogP contribution is 2.55. The molecule has 0 aliphatic heterocycles. The number of phenolic OH excluding ortho intramolecular Hbond substituents is 1. The third kappa shape index (κ3) is 2.42. The van der Waals surface area contributed by atoms with E-state index in [1.165, 1.54) is 37.2 Å². The average molecular weight is 442 g/mol. The maximum absolute atomic E-state index is 13.6. The molecule has 0 radical (unpaired) electrons. The van der Waals surface area contributed by atoms with Crippen molar-refractivity contribution >= 4 is 28.8 Å². The maximum Gasteiger partial charge on any atom is 0.255 e. The number of phenols is 1. The molecule has 5 atom stereocenters. The number of aromatic hydroxyl groups is 1. The Bertz CT molecular complexity index is 1180. The molecular weight excluding hydrogens is 420 g/mol. The second-order valence-electron chi connectivity index (χ2n) is 8.44. The lowest BCUT2D eigenvalue weighted by Gasteiger charge is -2.52. The minimum atomic E-state index is -2.94. The molecule has 3 aliphatic carbocycles. The van der Waals surface area contributed by atoms with Crippen LogP contribution >= 0.6 is 0 Å². The Kier molecular flexibility index (Phi) is 4.60. The number of Topliss-reactive ketones (excluding diaryl/α,β-unsaturated/α-hetero) is 2. The van der Waals surface area contributed by atoms with Gasteiger partial charge < -0.3 is 31.3 Å². The van der Waals surface area contributed by atoms with Crippen LogP contribution in [0.1, 0.15) is 11.1 Å². The number of carbonyl (C=O) groups is 3. The van der Waals surface area contributed by atoms with E-state index in [0.717, 1.165) is 0 Å². The third-order valence-electron chi connectivity index (χ3n) is 6.61. The molecule has 2 unspecified atom stereocenters. The van der Waals surface area contributed by atoms with Gasteiger partial charge in [-0.2, -0.15) is 0 Å². The van der Waals surface area contributed by atoms with Crippen LogP contribution < -0.4 is 5.73 Å². The van der Waals surface area contributed by atoms with Gasteiger partial charge in [-0.1, -0.05) is 18.7 Å². The fourth-order valence-corrected chi connectivity index (χ4v) is 5.21. The number of likely N-dealkylation sites (N-methyl/N-ethyl adjacent to an activating group) is 1. The van der Waals surface area contributed by atoms with E-state index in [1.54, 1.807) is 0 Å². The second-order valence-corrected chi connectivity index (χ2v) is 8.44. The SMILES string of the molecule is C=C1c2cccc(O)c2C(O)=C2C(=O)[C@]3(O)C(O)=C(C(N)=O)C(=O)[C@@H](N(C)C)C3C(O)[C@H]12. The Morgan fingerprint density at radius 1 is 1.19 bits per heavy atom. The van der Waals surface area contributed by atoms with Gasteiger partial charge in [0.1, 0.15) is 22.8 Å². The largest absolute Gasteiger partial charge is 0.508 e. The van der Waals surface area contributed by atoms with Crippen LogP contribution in [0.15, 0.2) is 41.7 Å². The topological polar surface area (TPSA) is 182 Å². The first-order valence-corrected chi connectivity index (χ1v) is 9.71. The van der Waals surface area contributed by atoms with Crippen LogP contribution in [0.4, 0.5) is 0 Å². The van der Waals surface area contributed by atoms with Crippen molar-refractivity contribution < 1.29 is 39.9 Å². The van der Waals surface area contributed by atoms with Gasteiger partial charge in [-0.3, -0.25) is 19.3 Å². The van der Waals surface area contributed by atoms with Crippen LogP contribution in [-0.2, 0) is 14.4 Å². The zero-order valence-corrected chi connectivity index (χ0v) is 17.2. The predicted octanol–water partition coefficient (Wildman–Crippen LogP) is -0.594. The van der Waals surface area contributed by atoms with Gasteiger partial charge in [0, 0.05) is 5.92 Å². The molecule has 0 aromatic heterocycles. The first-order valence-electron chi connectivity index (χ1n) is 9.71. The van der Waals surface area contributed by atoms with Gasteiger partial charge >= 0.3 is 0 Å². The number of aliphatic hydroxyl groups excluding tert-OH is 3. The second kappa shape index (κ2) is 6.76. The van der Waals surface area contributed by atoms with Crippen molar-refractivity contribution in [1.29, 1.82) is 0 Å². The standard InChI is InChI=1S/C22H22N2O8/c1-7-8-5-4-6-9(25)11(8)16(26)12-10(7)17(27)14-15(24(2)3)18(28)13(21(23)31)20(30)22(14,32)19(12)29/h4-6,10,14-15,17,25-27,30,32H,1H2,2-3H3,(H2,23,31)/t10-,14?,15+,17?,22+/m1/s1. The fraction of sp³-hybridized carbons (Fsp3) is 0.318. The van der Waals surface area contributed by atoms with E-state index in [0.29, 0.717) is 0 Å². The molecule has 1 saturated carbocycles. The lowest BCUT2D eigenvalue weighted by atomic mass is 9.55. The summed E-state index contributed by atoms with van der Waals surface area (Å²) in [6.45, 7) is 3.91. The van der Waals surface area contributed by atoms with Crippen LogP contribution in [-0.4, -0.2) is 79.7 Å². The molecule has 1 amide bonds. The maximum atomic E-state index is 13.6. The number of primary amides is 1. The van der Waals surface area contributed by atoms with Crippen LogP contribution in [0.3, 0.4) is 0 Å².